The minimum absolute atomic E-state index is 0.198. The molecule has 1 aromatic carbocycles. The van der Waals surface area contributed by atoms with Gasteiger partial charge in [-0.3, -0.25) is 4.79 Å². The maximum Gasteiger partial charge on any atom is 0.253 e. The molecule has 0 aliphatic carbocycles. The van der Waals surface area contributed by atoms with Crippen LogP contribution in [0.3, 0.4) is 0 Å². The number of benzene rings is 1. The Balaban J connectivity index is 2.08. The molecule has 2 rings (SSSR count). The van der Waals surface area contributed by atoms with Gasteiger partial charge in [-0.1, -0.05) is 38.8 Å². The number of aliphatic hydroxyl groups is 1. The van der Waals surface area contributed by atoms with E-state index < -0.39 is 6.10 Å². The molecule has 0 saturated carbocycles. The van der Waals surface area contributed by atoms with Crippen molar-refractivity contribution in [2.45, 2.75) is 32.8 Å². The molecule has 118 valence electrons. The number of carbonyl (C=O) groups excluding carboxylic acids is 1. The van der Waals surface area contributed by atoms with Crippen molar-refractivity contribution in [3.05, 3.63) is 48.3 Å². The van der Waals surface area contributed by atoms with Gasteiger partial charge in [0.2, 0.25) is 0 Å². The highest BCUT2D eigenvalue weighted by atomic mass is 16.3. The maximum absolute atomic E-state index is 12.4. The maximum atomic E-state index is 12.4. The summed E-state index contributed by atoms with van der Waals surface area (Å²) in [5.74, 6) is 0.0118. The minimum Gasteiger partial charge on any atom is -0.391 e. The Kier molecular flexibility index (Phi) is 5.72. The van der Waals surface area contributed by atoms with E-state index in [4.69, 9.17) is 0 Å². The van der Waals surface area contributed by atoms with Crippen molar-refractivity contribution < 1.29 is 9.90 Å². The van der Waals surface area contributed by atoms with Crippen molar-refractivity contribution in [1.82, 2.24) is 15.1 Å². The highest BCUT2D eigenvalue weighted by Crippen LogP contribution is 2.15. The molecular formula is C17H23N3O2. The largest absolute Gasteiger partial charge is 0.391 e. The first-order valence-corrected chi connectivity index (χ1v) is 7.72. The first-order valence-electron chi connectivity index (χ1n) is 7.72. The molecule has 2 aromatic rings. The van der Waals surface area contributed by atoms with E-state index in [-0.39, 0.29) is 18.4 Å². The molecule has 1 heterocycles. The lowest BCUT2D eigenvalue weighted by atomic mass is 9.96. The Labute approximate surface area is 131 Å². The van der Waals surface area contributed by atoms with Gasteiger partial charge in [0, 0.05) is 18.9 Å². The lowest BCUT2D eigenvalue weighted by Gasteiger charge is -2.20. The predicted molar refractivity (Wildman–Crippen MR) is 86.0 cm³/mol. The summed E-state index contributed by atoms with van der Waals surface area (Å²) in [5, 5.41) is 17.1. The molecule has 22 heavy (non-hydrogen) atoms. The molecule has 1 unspecified atom stereocenters. The number of rotatable bonds is 7. The predicted octanol–water partition coefficient (Wildman–Crippen LogP) is 2.40. The van der Waals surface area contributed by atoms with E-state index in [0.717, 1.165) is 18.5 Å². The van der Waals surface area contributed by atoms with Crippen LogP contribution < -0.4 is 5.32 Å². The molecule has 0 fully saturated rings. The normalized spacial score (nSPS) is 12.4. The lowest BCUT2D eigenvalue weighted by Crippen LogP contribution is -2.36. The van der Waals surface area contributed by atoms with Gasteiger partial charge in [0.15, 0.2) is 0 Å². The first-order chi connectivity index (χ1) is 10.7. The highest BCUT2D eigenvalue weighted by Gasteiger charge is 2.18. The SMILES string of the molecule is CCC(CC)C(O)CNC(=O)c1ccccc1-n1cccn1. The number of nitrogens with one attached hydrogen (secondary N) is 1. The molecular weight excluding hydrogens is 278 g/mol. The van der Waals surface area contributed by atoms with Crippen LogP contribution in [0.5, 0.6) is 0 Å². The highest BCUT2D eigenvalue weighted by molar-refractivity contribution is 5.97. The van der Waals surface area contributed by atoms with Crippen molar-refractivity contribution in [1.29, 1.82) is 0 Å². The molecule has 1 amide bonds. The average Bonchev–Trinajstić information content (AvgIpc) is 3.08. The quantitative estimate of drug-likeness (QED) is 0.825. The van der Waals surface area contributed by atoms with Crippen molar-refractivity contribution in [3.63, 3.8) is 0 Å². The van der Waals surface area contributed by atoms with Crippen LogP contribution in [0, 0.1) is 5.92 Å². The molecule has 5 heteroatoms. The van der Waals surface area contributed by atoms with E-state index in [1.54, 1.807) is 23.1 Å². The summed E-state index contributed by atoms with van der Waals surface area (Å²) in [6.07, 6.45) is 4.75. The van der Waals surface area contributed by atoms with Gasteiger partial charge in [0.1, 0.15) is 0 Å². The van der Waals surface area contributed by atoms with Crippen LogP contribution in [0.4, 0.5) is 0 Å². The second-order valence-corrected chi connectivity index (χ2v) is 5.32. The number of hydrogen-bond donors (Lipinski definition) is 2. The number of carbonyl (C=O) groups is 1. The third-order valence-electron chi connectivity index (χ3n) is 3.96. The number of aliphatic hydroxyl groups excluding tert-OH is 1. The smallest absolute Gasteiger partial charge is 0.253 e. The number of amides is 1. The molecule has 0 aliphatic rings. The molecule has 0 aliphatic heterocycles. The zero-order chi connectivity index (χ0) is 15.9. The summed E-state index contributed by atoms with van der Waals surface area (Å²) >= 11 is 0. The lowest BCUT2D eigenvalue weighted by molar-refractivity contribution is 0.0816. The van der Waals surface area contributed by atoms with E-state index in [1.165, 1.54) is 0 Å². The zero-order valence-electron chi connectivity index (χ0n) is 13.1. The molecule has 5 nitrogen and oxygen atoms in total. The van der Waals surface area contributed by atoms with E-state index in [0.29, 0.717) is 5.56 Å². The van der Waals surface area contributed by atoms with Gasteiger partial charge in [-0.15, -0.1) is 0 Å². The summed E-state index contributed by atoms with van der Waals surface area (Å²) in [6.45, 7) is 4.36. The number of hydrogen-bond acceptors (Lipinski definition) is 3. The van der Waals surface area contributed by atoms with E-state index in [1.807, 2.05) is 38.1 Å². The van der Waals surface area contributed by atoms with E-state index in [2.05, 4.69) is 10.4 Å². The molecule has 0 spiro atoms. The van der Waals surface area contributed by atoms with Crippen LogP contribution >= 0.6 is 0 Å². The third kappa shape index (κ3) is 3.74. The van der Waals surface area contributed by atoms with Crippen LogP contribution in [0.2, 0.25) is 0 Å². The fourth-order valence-corrected chi connectivity index (χ4v) is 2.57. The van der Waals surface area contributed by atoms with Crippen LogP contribution in [-0.4, -0.2) is 33.4 Å². The number of aromatic nitrogens is 2. The zero-order valence-corrected chi connectivity index (χ0v) is 13.1. The standard InChI is InChI=1S/C17H23N3O2/c1-3-13(4-2)16(21)12-18-17(22)14-8-5-6-9-15(14)20-11-7-10-19-20/h5-11,13,16,21H,3-4,12H2,1-2H3,(H,18,22). The van der Waals surface area contributed by atoms with Crippen molar-refractivity contribution in [2.24, 2.45) is 5.92 Å². The van der Waals surface area contributed by atoms with Crippen molar-refractivity contribution >= 4 is 5.91 Å². The van der Waals surface area contributed by atoms with Crippen LogP contribution in [-0.2, 0) is 0 Å². The van der Waals surface area contributed by atoms with Gasteiger partial charge >= 0.3 is 0 Å². The minimum atomic E-state index is -0.518. The number of para-hydroxylation sites is 1. The monoisotopic (exact) mass is 301 g/mol. The Morgan fingerprint density at radius 1 is 1.27 bits per heavy atom. The Morgan fingerprint density at radius 2 is 2.00 bits per heavy atom. The third-order valence-corrected chi connectivity index (χ3v) is 3.96. The average molecular weight is 301 g/mol. The first kappa shape index (κ1) is 16.2. The van der Waals surface area contributed by atoms with Gasteiger partial charge in [-0.2, -0.15) is 5.10 Å². The van der Waals surface area contributed by atoms with Crippen LogP contribution in [0.15, 0.2) is 42.7 Å². The molecule has 0 saturated heterocycles. The Hall–Kier alpha value is -2.14. The summed E-state index contributed by atoms with van der Waals surface area (Å²) in [7, 11) is 0. The van der Waals surface area contributed by atoms with Gasteiger partial charge in [0.25, 0.3) is 5.91 Å². The van der Waals surface area contributed by atoms with Gasteiger partial charge in [0.05, 0.1) is 17.4 Å². The topological polar surface area (TPSA) is 67.2 Å². The molecule has 1 atom stereocenters. The Bertz CT molecular complexity index is 592. The van der Waals surface area contributed by atoms with Crippen molar-refractivity contribution in [3.8, 4) is 5.69 Å². The second-order valence-electron chi connectivity index (χ2n) is 5.32. The molecule has 2 N–H and O–H groups in total. The van der Waals surface area contributed by atoms with Gasteiger partial charge < -0.3 is 10.4 Å². The Morgan fingerprint density at radius 3 is 2.64 bits per heavy atom. The van der Waals surface area contributed by atoms with E-state index in [9.17, 15) is 9.90 Å². The fourth-order valence-electron chi connectivity index (χ4n) is 2.57. The summed E-state index contributed by atoms with van der Waals surface area (Å²) < 4.78 is 1.66. The van der Waals surface area contributed by atoms with Crippen LogP contribution in [0.1, 0.15) is 37.0 Å². The second kappa shape index (κ2) is 7.75. The fraction of sp³-hybridized carbons (Fsp3) is 0.412. The van der Waals surface area contributed by atoms with Crippen LogP contribution in [0.25, 0.3) is 5.69 Å². The number of nitrogens with zero attached hydrogens (tertiary/aromatic N) is 2. The van der Waals surface area contributed by atoms with Gasteiger partial charge in [-0.05, 0) is 24.1 Å². The van der Waals surface area contributed by atoms with Gasteiger partial charge in [-0.25, -0.2) is 4.68 Å². The summed E-state index contributed by atoms with van der Waals surface area (Å²) in [5.41, 5.74) is 1.27. The molecule has 1 aromatic heterocycles. The summed E-state index contributed by atoms with van der Waals surface area (Å²) in [4.78, 5) is 12.4. The molecule has 0 bridgehead atoms. The summed E-state index contributed by atoms with van der Waals surface area (Å²) in [6, 6.07) is 9.10. The van der Waals surface area contributed by atoms with E-state index >= 15 is 0 Å². The van der Waals surface area contributed by atoms with Crippen molar-refractivity contribution in [2.75, 3.05) is 6.54 Å². The molecule has 0 radical (unpaired) electrons.